The van der Waals surface area contributed by atoms with Crippen LogP contribution in [0.5, 0.6) is 0 Å². The van der Waals surface area contributed by atoms with Gasteiger partial charge in [-0.15, -0.1) is 0 Å². The topological polar surface area (TPSA) is 113 Å². The predicted octanol–water partition coefficient (Wildman–Crippen LogP) is 1.69. The van der Waals surface area contributed by atoms with Crippen molar-refractivity contribution in [2.45, 2.75) is 83.1 Å². The third-order valence-electron chi connectivity index (χ3n) is 9.39. The molecule has 7 heteroatoms. The summed E-state index contributed by atoms with van der Waals surface area (Å²) in [6, 6.07) is 0. The summed E-state index contributed by atoms with van der Waals surface area (Å²) >= 11 is 0. The van der Waals surface area contributed by atoms with Crippen molar-refractivity contribution < 1.29 is 34.4 Å². The first-order valence-corrected chi connectivity index (χ1v) is 11.9. The molecule has 10 atom stereocenters. The fourth-order valence-electron chi connectivity index (χ4n) is 8.18. The van der Waals surface area contributed by atoms with Gasteiger partial charge in [-0.25, -0.2) is 0 Å². The molecule has 1 saturated heterocycles. The standard InChI is InChI=1S/C25H34O7/c1-4-5-21-31-20-10-15-14-9-17(28)16-8-13(27)6-7-23(16,2)22(14)18(29)11-24(15,3)25(20,32-21)19(30)12-26/h6-8,14-15,17-18,20-22,26,28-29H,4-5,9-12H2,1-3H3/t14-,15-,17+,18-,20?,21?,22+,23-,24-,25?/m0/s1. The van der Waals surface area contributed by atoms with Gasteiger partial charge in [0.2, 0.25) is 0 Å². The van der Waals surface area contributed by atoms with Crippen LogP contribution in [0.2, 0.25) is 0 Å². The lowest BCUT2D eigenvalue weighted by Crippen LogP contribution is -2.64. The highest BCUT2D eigenvalue weighted by Crippen LogP contribution is 2.69. The van der Waals surface area contributed by atoms with Gasteiger partial charge in [-0.2, -0.15) is 0 Å². The van der Waals surface area contributed by atoms with E-state index in [0.29, 0.717) is 31.3 Å². The van der Waals surface area contributed by atoms with Gasteiger partial charge in [0, 0.05) is 16.7 Å². The van der Waals surface area contributed by atoms with Crippen molar-refractivity contribution in [2.24, 2.45) is 28.6 Å². The van der Waals surface area contributed by atoms with Crippen LogP contribution in [-0.4, -0.2) is 63.7 Å². The maximum atomic E-state index is 13.2. The molecule has 0 aromatic rings. The van der Waals surface area contributed by atoms with E-state index in [9.17, 15) is 24.9 Å². The molecule has 0 amide bonds. The first kappa shape index (κ1) is 22.4. The lowest BCUT2D eigenvalue weighted by Gasteiger charge is -2.60. The molecule has 4 fully saturated rings. The summed E-state index contributed by atoms with van der Waals surface area (Å²) in [5.74, 6) is -0.825. The lowest BCUT2D eigenvalue weighted by molar-refractivity contribution is -0.203. The number of carbonyl (C=O) groups excluding carboxylic acids is 2. The van der Waals surface area contributed by atoms with E-state index in [1.54, 1.807) is 0 Å². The van der Waals surface area contributed by atoms with Gasteiger partial charge < -0.3 is 24.8 Å². The summed E-state index contributed by atoms with van der Waals surface area (Å²) < 4.78 is 12.6. The summed E-state index contributed by atoms with van der Waals surface area (Å²) in [5.41, 5.74) is -1.98. The summed E-state index contributed by atoms with van der Waals surface area (Å²) in [7, 11) is 0. The zero-order valence-corrected chi connectivity index (χ0v) is 19.0. The van der Waals surface area contributed by atoms with E-state index in [2.05, 4.69) is 0 Å². The van der Waals surface area contributed by atoms with Crippen LogP contribution in [-0.2, 0) is 19.1 Å². The minimum Gasteiger partial charge on any atom is -0.393 e. The van der Waals surface area contributed by atoms with Crippen molar-refractivity contribution in [1.29, 1.82) is 0 Å². The first-order valence-electron chi connectivity index (χ1n) is 11.9. The number of aliphatic hydroxyl groups is 3. The Morgan fingerprint density at radius 2 is 2.00 bits per heavy atom. The third-order valence-corrected chi connectivity index (χ3v) is 9.39. The van der Waals surface area contributed by atoms with Crippen molar-refractivity contribution in [3.63, 3.8) is 0 Å². The summed E-state index contributed by atoms with van der Waals surface area (Å²) in [6.45, 7) is 5.37. The van der Waals surface area contributed by atoms with Gasteiger partial charge in [0.1, 0.15) is 6.61 Å². The molecule has 4 aliphatic carbocycles. The average Bonchev–Trinajstić information content (AvgIpc) is 3.21. The quantitative estimate of drug-likeness (QED) is 0.602. The van der Waals surface area contributed by atoms with Gasteiger partial charge in [0.15, 0.2) is 23.5 Å². The van der Waals surface area contributed by atoms with E-state index in [1.165, 1.54) is 12.2 Å². The van der Waals surface area contributed by atoms with Crippen molar-refractivity contribution in [3.05, 3.63) is 23.8 Å². The second-order valence-electron chi connectivity index (χ2n) is 10.9. The molecule has 7 nitrogen and oxygen atoms in total. The van der Waals surface area contributed by atoms with Gasteiger partial charge in [0.05, 0.1) is 18.3 Å². The number of aliphatic hydroxyl groups excluding tert-OH is 3. The molecule has 3 saturated carbocycles. The van der Waals surface area contributed by atoms with Crippen LogP contribution in [0.3, 0.4) is 0 Å². The monoisotopic (exact) mass is 446 g/mol. The van der Waals surface area contributed by atoms with Crippen LogP contribution in [0.1, 0.15) is 52.9 Å². The second-order valence-corrected chi connectivity index (χ2v) is 10.9. The van der Waals surface area contributed by atoms with Crippen molar-refractivity contribution in [1.82, 2.24) is 0 Å². The first-order chi connectivity index (χ1) is 15.1. The van der Waals surface area contributed by atoms with Crippen LogP contribution in [0.25, 0.3) is 0 Å². The number of allylic oxidation sites excluding steroid dienone is 3. The van der Waals surface area contributed by atoms with Crippen LogP contribution in [0.4, 0.5) is 0 Å². The Labute approximate surface area is 188 Å². The van der Waals surface area contributed by atoms with Crippen molar-refractivity contribution >= 4 is 11.6 Å². The minimum atomic E-state index is -1.29. The Morgan fingerprint density at radius 1 is 1.25 bits per heavy atom. The number of Topliss-reactive ketones (excluding diaryl/α,β-unsaturated/α-hetero) is 1. The van der Waals surface area contributed by atoms with E-state index >= 15 is 0 Å². The Hall–Kier alpha value is -1.38. The van der Waals surface area contributed by atoms with Gasteiger partial charge in [0.25, 0.3) is 0 Å². The number of rotatable bonds is 4. The third kappa shape index (κ3) is 2.66. The molecule has 0 radical (unpaired) electrons. The molecule has 1 heterocycles. The molecule has 3 unspecified atom stereocenters. The molecule has 32 heavy (non-hydrogen) atoms. The molecule has 0 aromatic carbocycles. The minimum absolute atomic E-state index is 0.0296. The zero-order valence-electron chi connectivity index (χ0n) is 19.0. The van der Waals surface area contributed by atoms with E-state index in [1.807, 2.05) is 26.8 Å². The summed E-state index contributed by atoms with van der Waals surface area (Å²) in [6.07, 6.45) is 5.21. The molecule has 5 aliphatic rings. The number of ketones is 2. The molecule has 176 valence electrons. The number of hydrogen-bond donors (Lipinski definition) is 3. The Bertz CT molecular complexity index is 895. The average molecular weight is 447 g/mol. The highest BCUT2D eigenvalue weighted by molar-refractivity contribution is 6.01. The van der Waals surface area contributed by atoms with Crippen LogP contribution in [0.15, 0.2) is 23.8 Å². The SMILES string of the molecule is CCCC1OC2C[C@H]3[C@@H]4C[C@@H](O)C5=CC(=O)C=C[C@]5(C)[C@H]4[C@@H](O)C[C@]3(C)C2(C(=O)CO)O1. The van der Waals surface area contributed by atoms with Gasteiger partial charge in [-0.3, -0.25) is 9.59 Å². The van der Waals surface area contributed by atoms with Crippen molar-refractivity contribution in [3.8, 4) is 0 Å². The number of carbonyl (C=O) groups is 2. The Morgan fingerprint density at radius 3 is 2.69 bits per heavy atom. The largest absolute Gasteiger partial charge is 0.393 e. The molecule has 3 N–H and O–H groups in total. The Balaban J connectivity index is 1.58. The molecule has 0 aromatic heterocycles. The fraction of sp³-hybridized carbons (Fsp3) is 0.760. The summed E-state index contributed by atoms with van der Waals surface area (Å²) in [4.78, 5) is 25.3. The van der Waals surface area contributed by atoms with Gasteiger partial charge >= 0.3 is 0 Å². The molecule has 0 bridgehead atoms. The normalized spacial score (nSPS) is 51.5. The number of fused-ring (bicyclic) bond motifs is 7. The Kier molecular flexibility index (Phi) is 5.12. The second kappa shape index (κ2) is 7.31. The van der Waals surface area contributed by atoms with E-state index < -0.39 is 47.6 Å². The van der Waals surface area contributed by atoms with Gasteiger partial charge in [-0.1, -0.05) is 33.3 Å². The lowest BCUT2D eigenvalue weighted by atomic mass is 9.45. The van der Waals surface area contributed by atoms with Crippen LogP contribution < -0.4 is 0 Å². The molecule has 1 aliphatic heterocycles. The molecular formula is C25H34O7. The van der Waals surface area contributed by atoms with Crippen molar-refractivity contribution in [2.75, 3.05) is 6.61 Å². The molecular weight excluding hydrogens is 412 g/mol. The van der Waals surface area contributed by atoms with Crippen LogP contribution >= 0.6 is 0 Å². The van der Waals surface area contributed by atoms with E-state index in [-0.39, 0.29) is 29.3 Å². The number of ether oxygens (including phenoxy) is 2. The highest BCUT2D eigenvalue weighted by Gasteiger charge is 2.76. The maximum Gasteiger partial charge on any atom is 0.193 e. The fourth-order valence-corrected chi connectivity index (χ4v) is 8.18. The highest BCUT2D eigenvalue weighted by atomic mass is 16.7. The molecule has 0 spiro atoms. The molecule has 5 rings (SSSR count). The summed E-state index contributed by atoms with van der Waals surface area (Å²) in [5, 5.41) is 32.5. The maximum absolute atomic E-state index is 13.2. The van der Waals surface area contributed by atoms with E-state index in [4.69, 9.17) is 9.47 Å². The predicted molar refractivity (Wildman–Crippen MR) is 114 cm³/mol. The van der Waals surface area contributed by atoms with E-state index in [0.717, 1.165) is 6.42 Å². The van der Waals surface area contributed by atoms with Crippen LogP contribution in [0, 0.1) is 28.6 Å². The number of hydrogen-bond acceptors (Lipinski definition) is 7. The smallest absolute Gasteiger partial charge is 0.193 e. The zero-order chi connectivity index (χ0) is 23.1. The van der Waals surface area contributed by atoms with Gasteiger partial charge in [-0.05, 0) is 55.2 Å².